The van der Waals surface area contributed by atoms with Gasteiger partial charge in [0.25, 0.3) is 0 Å². The Morgan fingerprint density at radius 2 is 2.25 bits per heavy atom. The molecule has 1 aromatic rings. The van der Waals surface area contributed by atoms with Gasteiger partial charge < -0.3 is 15.3 Å². The second kappa shape index (κ2) is 7.04. The lowest BCUT2D eigenvalue weighted by Crippen LogP contribution is -2.37. The lowest BCUT2D eigenvalue weighted by atomic mass is 9.98. The number of hydrogen-bond donors (Lipinski definition) is 2. The van der Waals surface area contributed by atoms with E-state index in [1.165, 1.54) is 0 Å². The highest BCUT2D eigenvalue weighted by atomic mass is 19.1. The first-order valence-corrected chi connectivity index (χ1v) is 7.47. The Kier molecular flexibility index (Phi) is 5.38. The number of piperidine rings is 1. The normalized spacial score (nSPS) is 19.6. The van der Waals surface area contributed by atoms with Crippen LogP contribution in [0.4, 0.5) is 10.1 Å². The highest BCUT2D eigenvalue weighted by Crippen LogP contribution is 2.26. The van der Waals surface area contributed by atoms with Gasteiger partial charge in [-0.3, -0.25) is 0 Å². The molecule has 1 fully saturated rings. The molecule has 0 aliphatic carbocycles. The summed E-state index contributed by atoms with van der Waals surface area (Å²) >= 11 is 0. The van der Waals surface area contributed by atoms with Gasteiger partial charge in [0.2, 0.25) is 0 Å². The Morgan fingerprint density at radius 3 is 2.90 bits per heavy atom. The minimum absolute atomic E-state index is 0.161. The van der Waals surface area contributed by atoms with Gasteiger partial charge in [0.15, 0.2) is 0 Å². The summed E-state index contributed by atoms with van der Waals surface area (Å²) in [7, 11) is 0. The van der Waals surface area contributed by atoms with Crippen molar-refractivity contribution in [1.29, 1.82) is 0 Å². The number of halogens is 1. The first-order valence-electron chi connectivity index (χ1n) is 7.47. The SMILES string of the molecule is CC(C)NCc1ccc(N2CCCC(CO)C2)c(F)c1. The van der Waals surface area contributed by atoms with E-state index in [1.807, 2.05) is 12.1 Å². The molecule has 2 rings (SSSR count). The first-order chi connectivity index (χ1) is 9.60. The summed E-state index contributed by atoms with van der Waals surface area (Å²) < 4.78 is 14.3. The molecule has 0 saturated carbocycles. The minimum atomic E-state index is -0.161. The van der Waals surface area contributed by atoms with Crippen molar-refractivity contribution in [3.8, 4) is 0 Å². The van der Waals surface area contributed by atoms with Crippen molar-refractivity contribution >= 4 is 5.69 Å². The molecule has 0 aromatic heterocycles. The van der Waals surface area contributed by atoms with Crippen molar-refractivity contribution in [1.82, 2.24) is 5.32 Å². The van der Waals surface area contributed by atoms with Gasteiger partial charge in [0.05, 0.1) is 5.69 Å². The van der Waals surface area contributed by atoms with E-state index < -0.39 is 0 Å². The van der Waals surface area contributed by atoms with Crippen LogP contribution in [0.1, 0.15) is 32.3 Å². The highest BCUT2D eigenvalue weighted by molar-refractivity contribution is 5.49. The van der Waals surface area contributed by atoms with Crippen LogP contribution in [0.15, 0.2) is 18.2 Å². The molecule has 20 heavy (non-hydrogen) atoms. The van der Waals surface area contributed by atoms with Crippen LogP contribution >= 0.6 is 0 Å². The zero-order valence-electron chi connectivity index (χ0n) is 12.4. The lowest BCUT2D eigenvalue weighted by Gasteiger charge is -2.33. The predicted molar refractivity (Wildman–Crippen MR) is 80.4 cm³/mol. The van der Waals surface area contributed by atoms with E-state index in [2.05, 4.69) is 24.1 Å². The van der Waals surface area contributed by atoms with Crippen LogP contribution < -0.4 is 10.2 Å². The molecule has 1 atom stereocenters. The summed E-state index contributed by atoms with van der Waals surface area (Å²) in [5, 5.41) is 12.6. The Labute approximate surface area is 120 Å². The summed E-state index contributed by atoms with van der Waals surface area (Å²) in [5.41, 5.74) is 1.63. The van der Waals surface area contributed by atoms with Crippen molar-refractivity contribution in [3.63, 3.8) is 0 Å². The van der Waals surface area contributed by atoms with Gasteiger partial charge in [-0.05, 0) is 36.5 Å². The molecule has 2 N–H and O–H groups in total. The van der Waals surface area contributed by atoms with Crippen LogP contribution in [0, 0.1) is 11.7 Å². The van der Waals surface area contributed by atoms with E-state index in [9.17, 15) is 9.50 Å². The topological polar surface area (TPSA) is 35.5 Å². The molecular formula is C16H25FN2O. The molecule has 112 valence electrons. The molecule has 1 heterocycles. The summed E-state index contributed by atoms with van der Waals surface area (Å²) in [6.45, 7) is 6.65. The molecule has 0 spiro atoms. The minimum Gasteiger partial charge on any atom is -0.396 e. The number of rotatable bonds is 5. The van der Waals surface area contributed by atoms with E-state index >= 15 is 0 Å². The third-order valence-electron chi connectivity index (χ3n) is 3.84. The molecule has 3 nitrogen and oxygen atoms in total. The van der Waals surface area contributed by atoms with Gasteiger partial charge in [0, 0.05) is 32.3 Å². The Hall–Kier alpha value is -1.13. The molecule has 1 aliphatic heterocycles. The van der Waals surface area contributed by atoms with Crippen LogP contribution in [0.5, 0.6) is 0 Å². The zero-order valence-corrected chi connectivity index (χ0v) is 12.4. The van der Waals surface area contributed by atoms with E-state index in [1.54, 1.807) is 6.07 Å². The second-order valence-electron chi connectivity index (χ2n) is 5.96. The summed E-state index contributed by atoms with van der Waals surface area (Å²) in [5.74, 6) is 0.108. The molecule has 1 aromatic carbocycles. The Bertz CT molecular complexity index is 436. The third kappa shape index (κ3) is 3.93. The number of aliphatic hydroxyl groups is 1. The average Bonchev–Trinajstić information content (AvgIpc) is 2.45. The van der Waals surface area contributed by atoms with Crippen molar-refractivity contribution in [2.45, 2.75) is 39.3 Å². The van der Waals surface area contributed by atoms with Crippen molar-refractivity contribution < 1.29 is 9.50 Å². The quantitative estimate of drug-likeness (QED) is 0.870. The summed E-state index contributed by atoms with van der Waals surface area (Å²) in [6.07, 6.45) is 2.05. The molecule has 4 heteroatoms. The number of aliphatic hydroxyl groups excluding tert-OH is 1. The second-order valence-corrected chi connectivity index (χ2v) is 5.96. The molecule has 1 unspecified atom stereocenters. The maximum absolute atomic E-state index is 14.3. The van der Waals surface area contributed by atoms with Gasteiger partial charge in [-0.2, -0.15) is 0 Å². The maximum atomic E-state index is 14.3. The fourth-order valence-electron chi connectivity index (χ4n) is 2.67. The first kappa shape index (κ1) is 15.3. The Morgan fingerprint density at radius 1 is 1.45 bits per heavy atom. The molecule has 0 bridgehead atoms. The fraction of sp³-hybridized carbons (Fsp3) is 0.625. The molecule has 0 amide bonds. The number of nitrogens with one attached hydrogen (secondary N) is 1. The summed E-state index contributed by atoms with van der Waals surface area (Å²) in [6, 6.07) is 5.86. The third-order valence-corrected chi connectivity index (χ3v) is 3.84. The number of nitrogens with zero attached hydrogens (tertiary/aromatic N) is 1. The van der Waals surface area contributed by atoms with Gasteiger partial charge in [-0.1, -0.05) is 19.9 Å². The predicted octanol–water partition coefficient (Wildman–Crippen LogP) is 2.53. The number of benzene rings is 1. The van der Waals surface area contributed by atoms with Gasteiger partial charge in [-0.15, -0.1) is 0 Å². The van der Waals surface area contributed by atoms with E-state index in [0.717, 1.165) is 31.5 Å². The van der Waals surface area contributed by atoms with Crippen LogP contribution in [0.25, 0.3) is 0 Å². The van der Waals surface area contributed by atoms with Crippen molar-refractivity contribution in [2.75, 3.05) is 24.6 Å². The van der Waals surface area contributed by atoms with Gasteiger partial charge in [-0.25, -0.2) is 4.39 Å². The standard InChI is InChI=1S/C16H25FN2O/c1-12(2)18-9-13-5-6-16(15(17)8-13)19-7-3-4-14(10-19)11-20/h5-6,8,12,14,18,20H,3-4,7,9-11H2,1-2H3. The van der Waals surface area contributed by atoms with Crippen molar-refractivity contribution in [3.05, 3.63) is 29.6 Å². The van der Waals surface area contributed by atoms with Crippen LogP contribution in [0.2, 0.25) is 0 Å². The highest BCUT2D eigenvalue weighted by Gasteiger charge is 2.21. The van der Waals surface area contributed by atoms with Crippen LogP contribution in [-0.4, -0.2) is 30.8 Å². The van der Waals surface area contributed by atoms with E-state index in [-0.39, 0.29) is 18.3 Å². The maximum Gasteiger partial charge on any atom is 0.146 e. The number of hydrogen-bond acceptors (Lipinski definition) is 3. The zero-order chi connectivity index (χ0) is 14.5. The monoisotopic (exact) mass is 280 g/mol. The largest absolute Gasteiger partial charge is 0.396 e. The molecule has 1 saturated heterocycles. The van der Waals surface area contributed by atoms with Crippen molar-refractivity contribution in [2.24, 2.45) is 5.92 Å². The molecular weight excluding hydrogens is 255 g/mol. The molecule has 1 aliphatic rings. The smallest absolute Gasteiger partial charge is 0.146 e. The summed E-state index contributed by atoms with van der Waals surface area (Å²) in [4.78, 5) is 2.05. The van der Waals surface area contributed by atoms with Gasteiger partial charge in [0.1, 0.15) is 5.82 Å². The van der Waals surface area contributed by atoms with Gasteiger partial charge >= 0.3 is 0 Å². The average molecular weight is 280 g/mol. The lowest BCUT2D eigenvalue weighted by molar-refractivity contribution is 0.208. The Balaban J connectivity index is 2.05. The van der Waals surface area contributed by atoms with E-state index in [4.69, 9.17) is 0 Å². The number of anilines is 1. The van der Waals surface area contributed by atoms with Crippen LogP contribution in [0.3, 0.4) is 0 Å². The molecule has 0 radical (unpaired) electrons. The fourth-order valence-corrected chi connectivity index (χ4v) is 2.67. The van der Waals surface area contributed by atoms with Crippen LogP contribution in [-0.2, 0) is 6.54 Å². The van der Waals surface area contributed by atoms with E-state index in [0.29, 0.717) is 18.3 Å².